The molecule has 0 fully saturated rings. The Hall–Kier alpha value is -3.72. The Kier molecular flexibility index (Phi) is 5.21. The maximum Gasteiger partial charge on any atom is 0.201 e. The highest BCUT2D eigenvalue weighted by Gasteiger charge is 2.18. The van der Waals surface area contributed by atoms with Crippen molar-refractivity contribution in [3.63, 3.8) is 0 Å². The number of hydrogen-bond donors (Lipinski definition) is 3. The third kappa shape index (κ3) is 4.09. The molecule has 29 heavy (non-hydrogen) atoms. The maximum absolute atomic E-state index is 10.4. The summed E-state index contributed by atoms with van der Waals surface area (Å²) in [7, 11) is 0. The molecule has 0 aromatic heterocycles. The molecule has 0 aliphatic rings. The summed E-state index contributed by atoms with van der Waals surface area (Å²) >= 11 is 0. The Balaban J connectivity index is 1.65. The fraction of sp³-hybridized carbons (Fsp3) is 0.0769. The first kappa shape index (κ1) is 18.6. The summed E-state index contributed by atoms with van der Waals surface area (Å²) in [6.07, 6.45) is 1.28. The molecule has 0 bridgehead atoms. The quantitative estimate of drug-likeness (QED) is 0.391. The second-order valence-corrected chi connectivity index (χ2v) is 7.15. The molecule has 3 N–H and O–H groups in total. The van der Waals surface area contributed by atoms with E-state index in [0.717, 1.165) is 23.1 Å². The van der Waals surface area contributed by atoms with Crippen LogP contribution in [0.15, 0.2) is 91.0 Å². The SMILES string of the molecule is Oc1c(Cc2ccccc2)cc(-c2ccc(Cc3ccccc3)cc2)c(O)c1O. The summed E-state index contributed by atoms with van der Waals surface area (Å²) in [4.78, 5) is 0. The number of phenolic OH excluding ortho intramolecular Hbond substituents is 3. The third-order valence-corrected chi connectivity index (χ3v) is 5.08. The van der Waals surface area contributed by atoms with E-state index in [0.29, 0.717) is 17.5 Å². The van der Waals surface area contributed by atoms with E-state index in [9.17, 15) is 15.3 Å². The molecule has 3 nitrogen and oxygen atoms in total. The molecule has 0 heterocycles. The average molecular weight is 382 g/mol. The van der Waals surface area contributed by atoms with E-state index in [1.807, 2.05) is 72.8 Å². The summed E-state index contributed by atoms with van der Waals surface area (Å²) in [5.74, 6) is -1.08. The lowest BCUT2D eigenvalue weighted by Gasteiger charge is -2.13. The van der Waals surface area contributed by atoms with Gasteiger partial charge in [0.15, 0.2) is 11.5 Å². The molecule has 0 aliphatic heterocycles. The van der Waals surface area contributed by atoms with Gasteiger partial charge in [-0.3, -0.25) is 0 Å². The molecular weight excluding hydrogens is 360 g/mol. The Morgan fingerprint density at radius 1 is 0.483 bits per heavy atom. The Morgan fingerprint density at radius 2 is 1.00 bits per heavy atom. The minimum atomic E-state index is -0.484. The van der Waals surface area contributed by atoms with Gasteiger partial charge in [-0.2, -0.15) is 0 Å². The van der Waals surface area contributed by atoms with Gasteiger partial charge in [0.05, 0.1) is 0 Å². The fourth-order valence-electron chi connectivity index (χ4n) is 3.51. The minimum Gasteiger partial charge on any atom is -0.504 e. The monoisotopic (exact) mass is 382 g/mol. The van der Waals surface area contributed by atoms with Crippen LogP contribution in [0.5, 0.6) is 17.2 Å². The molecule has 0 amide bonds. The van der Waals surface area contributed by atoms with E-state index in [-0.39, 0.29) is 11.5 Å². The number of benzene rings is 4. The van der Waals surface area contributed by atoms with Crippen molar-refractivity contribution in [2.75, 3.05) is 0 Å². The van der Waals surface area contributed by atoms with Gasteiger partial charge in [-0.05, 0) is 34.7 Å². The first-order chi connectivity index (χ1) is 14.1. The van der Waals surface area contributed by atoms with Crippen LogP contribution in [0, 0.1) is 0 Å². The van der Waals surface area contributed by atoms with Crippen LogP contribution < -0.4 is 0 Å². The molecule has 0 saturated carbocycles. The van der Waals surface area contributed by atoms with Gasteiger partial charge in [-0.15, -0.1) is 0 Å². The predicted octanol–water partition coefficient (Wildman–Crippen LogP) is 5.65. The first-order valence-corrected chi connectivity index (χ1v) is 9.56. The normalized spacial score (nSPS) is 10.8. The molecule has 3 heteroatoms. The van der Waals surface area contributed by atoms with Gasteiger partial charge in [-0.25, -0.2) is 0 Å². The van der Waals surface area contributed by atoms with Crippen molar-refractivity contribution in [2.24, 2.45) is 0 Å². The van der Waals surface area contributed by atoms with E-state index in [1.165, 1.54) is 5.56 Å². The van der Waals surface area contributed by atoms with Gasteiger partial charge in [0, 0.05) is 17.5 Å². The molecule has 4 rings (SSSR count). The van der Waals surface area contributed by atoms with Crippen molar-refractivity contribution in [1.82, 2.24) is 0 Å². The first-order valence-electron chi connectivity index (χ1n) is 9.56. The number of phenols is 3. The highest BCUT2D eigenvalue weighted by Crippen LogP contribution is 2.45. The van der Waals surface area contributed by atoms with Gasteiger partial charge >= 0.3 is 0 Å². The van der Waals surface area contributed by atoms with Crippen molar-refractivity contribution < 1.29 is 15.3 Å². The summed E-state index contributed by atoms with van der Waals surface area (Å²) in [5.41, 5.74) is 5.25. The van der Waals surface area contributed by atoms with Crippen LogP contribution in [0.2, 0.25) is 0 Å². The number of hydrogen-bond acceptors (Lipinski definition) is 3. The molecule has 4 aromatic rings. The zero-order chi connectivity index (χ0) is 20.2. The summed E-state index contributed by atoms with van der Waals surface area (Å²) in [6.45, 7) is 0. The topological polar surface area (TPSA) is 60.7 Å². The molecule has 0 unspecified atom stereocenters. The molecule has 0 atom stereocenters. The average Bonchev–Trinajstić information content (AvgIpc) is 2.76. The molecule has 144 valence electrons. The van der Waals surface area contributed by atoms with E-state index < -0.39 is 5.75 Å². The minimum absolute atomic E-state index is 0.282. The van der Waals surface area contributed by atoms with Gasteiger partial charge < -0.3 is 15.3 Å². The second kappa shape index (κ2) is 8.11. The second-order valence-electron chi connectivity index (χ2n) is 7.15. The van der Waals surface area contributed by atoms with Crippen molar-refractivity contribution >= 4 is 0 Å². The van der Waals surface area contributed by atoms with E-state index in [4.69, 9.17) is 0 Å². The van der Waals surface area contributed by atoms with Crippen molar-refractivity contribution in [3.05, 3.63) is 113 Å². The molecule has 0 aliphatic carbocycles. The van der Waals surface area contributed by atoms with Crippen molar-refractivity contribution in [3.8, 4) is 28.4 Å². The Bertz CT molecular complexity index is 1100. The lowest BCUT2D eigenvalue weighted by molar-refractivity contribution is 0.366. The van der Waals surface area contributed by atoms with Crippen molar-refractivity contribution in [2.45, 2.75) is 12.8 Å². The smallest absolute Gasteiger partial charge is 0.201 e. The zero-order valence-corrected chi connectivity index (χ0v) is 15.9. The van der Waals surface area contributed by atoms with E-state index in [2.05, 4.69) is 12.1 Å². The highest BCUT2D eigenvalue weighted by atomic mass is 16.3. The fourth-order valence-corrected chi connectivity index (χ4v) is 3.51. The molecular formula is C26H22O3. The van der Waals surface area contributed by atoms with Gasteiger partial charge in [0.2, 0.25) is 5.75 Å². The van der Waals surface area contributed by atoms with E-state index >= 15 is 0 Å². The van der Waals surface area contributed by atoms with Gasteiger partial charge in [0.1, 0.15) is 0 Å². The predicted molar refractivity (Wildman–Crippen MR) is 115 cm³/mol. The largest absolute Gasteiger partial charge is 0.504 e. The maximum atomic E-state index is 10.4. The Labute approximate surface area is 170 Å². The van der Waals surface area contributed by atoms with Crippen LogP contribution in [-0.4, -0.2) is 15.3 Å². The molecule has 0 saturated heterocycles. The van der Waals surface area contributed by atoms with Crippen molar-refractivity contribution in [1.29, 1.82) is 0 Å². The van der Waals surface area contributed by atoms with Crippen LogP contribution in [0.25, 0.3) is 11.1 Å². The lowest BCUT2D eigenvalue weighted by Crippen LogP contribution is -1.92. The highest BCUT2D eigenvalue weighted by molar-refractivity contribution is 5.77. The molecule has 0 radical (unpaired) electrons. The summed E-state index contributed by atoms with van der Waals surface area (Å²) < 4.78 is 0. The summed E-state index contributed by atoms with van der Waals surface area (Å²) in [5, 5.41) is 31.0. The summed E-state index contributed by atoms with van der Waals surface area (Å²) in [6, 6.07) is 29.6. The van der Waals surface area contributed by atoms with Gasteiger partial charge in [0.25, 0.3) is 0 Å². The Morgan fingerprint density at radius 3 is 1.59 bits per heavy atom. The zero-order valence-electron chi connectivity index (χ0n) is 15.9. The number of rotatable bonds is 5. The molecule has 4 aromatic carbocycles. The van der Waals surface area contributed by atoms with Crippen LogP contribution in [0.4, 0.5) is 0 Å². The lowest BCUT2D eigenvalue weighted by atomic mass is 9.95. The van der Waals surface area contributed by atoms with Crippen LogP contribution in [0.1, 0.15) is 22.3 Å². The molecule has 0 spiro atoms. The van der Waals surface area contributed by atoms with E-state index in [1.54, 1.807) is 6.07 Å². The van der Waals surface area contributed by atoms with Gasteiger partial charge in [-0.1, -0.05) is 84.9 Å². The third-order valence-electron chi connectivity index (χ3n) is 5.08. The number of aromatic hydroxyl groups is 3. The standard InChI is InChI=1S/C26H22O3/c27-24-22(16-19-9-5-2-6-10-19)17-23(25(28)26(24)29)21-13-11-20(12-14-21)15-18-7-3-1-4-8-18/h1-14,17,27-29H,15-16H2. The van der Waals surface area contributed by atoms with Crippen LogP contribution in [-0.2, 0) is 12.8 Å². The van der Waals surface area contributed by atoms with Crippen LogP contribution >= 0.6 is 0 Å². The van der Waals surface area contributed by atoms with Crippen LogP contribution in [0.3, 0.4) is 0 Å².